The van der Waals surface area contributed by atoms with Gasteiger partial charge >= 0.3 is 0 Å². The van der Waals surface area contributed by atoms with Crippen molar-refractivity contribution in [3.63, 3.8) is 0 Å². The number of carbonyl (C=O) groups excluding carboxylic acids is 2. The highest BCUT2D eigenvalue weighted by atomic mass is 35.5. The summed E-state index contributed by atoms with van der Waals surface area (Å²) in [7, 11) is 0. The highest BCUT2D eigenvalue weighted by molar-refractivity contribution is 8.01. The molecule has 0 bridgehead atoms. The summed E-state index contributed by atoms with van der Waals surface area (Å²) in [5.41, 5.74) is 3.37. The third-order valence-corrected chi connectivity index (χ3v) is 7.55. The molecule has 3 aromatic carbocycles. The zero-order chi connectivity index (χ0) is 23.5. The first-order chi connectivity index (χ1) is 15.8. The molecular formula is C23H16Cl3N3O2S2. The first-order valence-electron chi connectivity index (χ1n) is 9.64. The van der Waals surface area contributed by atoms with Crippen molar-refractivity contribution >= 4 is 91.3 Å². The average molecular weight is 537 g/mol. The van der Waals surface area contributed by atoms with Crippen LogP contribution in [0, 0.1) is 6.92 Å². The van der Waals surface area contributed by atoms with Gasteiger partial charge in [0.1, 0.15) is 0 Å². The monoisotopic (exact) mass is 535 g/mol. The summed E-state index contributed by atoms with van der Waals surface area (Å²) in [5, 5.41) is 7.02. The molecule has 0 aliphatic rings. The summed E-state index contributed by atoms with van der Waals surface area (Å²) in [6.07, 6.45) is 0. The Morgan fingerprint density at radius 2 is 1.73 bits per heavy atom. The van der Waals surface area contributed by atoms with Crippen LogP contribution in [0.3, 0.4) is 0 Å². The van der Waals surface area contributed by atoms with Crippen molar-refractivity contribution in [3.05, 3.63) is 80.8 Å². The average Bonchev–Trinajstić information content (AvgIpc) is 3.17. The first kappa shape index (κ1) is 23.9. The fourth-order valence-electron chi connectivity index (χ4n) is 2.96. The minimum atomic E-state index is -0.330. The van der Waals surface area contributed by atoms with Gasteiger partial charge in [-0.05, 0) is 61.0 Å². The second kappa shape index (κ2) is 10.3. The van der Waals surface area contributed by atoms with Gasteiger partial charge < -0.3 is 10.6 Å². The number of nitrogens with zero attached hydrogens (tertiary/aromatic N) is 1. The van der Waals surface area contributed by atoms with Crippen LogP contribution in [-0.2, 0) is 4.79 Å². The minimum Gasteiger partial charge on any atom is -0.325 e. The van der Waals surface area contributed by atoms with Gasteiger partial charge in [0.15, 0.2) is 4.34 Å². The van der Waals surface area contributed by atoms with E-state index in [2.05, 4.69) is 15.6 Å². The molecule has 33 heavy (non-hydrogen) atoms. The number of benzene rings is 3. The number of fused-ring (bicyclic) bond motifs is 1. The molecule has 168 valence electrons. The lowest BCUT2D eigenvalue weighted by Crippen LogP contribution is -2.14. The SMILES string of the molecule is Cc1ccc(Cl)cc1NC(=O)CSc1nc2ccc(NC(=O)c3ccc(Cl)cc3Cl)cc2s1. The smallest absolute Gasteiger partial charge is 0.257 e. The molecule has 1 aromatic heterocycles. The quantitative estimate of drug-likeness (QED) is 0.250. The zero-order valence-corrected chi connectivity index (χ0v) is 21.0. The van der Waals surface area contributed by atoms with Crippen LogP contribution in [0.5, 0.6) is 0 Å². The normalized spacial score (nSPS) is 10.9. The van der Waals surface area contributed by atoms with Crippen molar-refractivity contribution in [2.75, 3.05) is 16.4 Å². The van der Waals surface area contributed by atoms with E-state index in [4.69, 9.17) is 34.8 Å². The van der Waals surface area contributed by atoms with E-state index >= 15 is 0 Å². The molecule has 2 N–H and O–H groups in total. The molecule has 5 nitrogen and oxygen atoms in total. The number of nitrogens with one attached hydrogen (secondary N) is 2. The van der Waals surface area contributed by atoms with Crippen LogP contribution in [0.25, 0.3) is 10.2 Å². The Labute approximate surface area is 213 Å². The number of hydrogen-bond acceptors (Lipinski definition) is 5. The van der Waals surface area contributed by atoms with Gasteiger partial charge in [0.2, 0.25) is 5.91 Å². The summed E-state index contributed by atoms with van der Waals surface area (Å²) in [4.78, 5) is 29.5. The lowest BCUT2D eigenvalue weighted by atomic mass is 10.2. The maximum atomic E-state index is 12.6. The van der Waals surface area contributed by atoms with Gasteiger partial charge in [-0.25, -0.2) is 4.98 Å². The predicted octanol–water partition coefficient (Wildman–Crippen LogP) is 7.55. The Bertz CT molecular complexity index is 1370. The van der Waals surface area contributed by atoms with Gasteiger partial charge in [-0.15, -0.1) is 11.3 Å². The molecule has 0 fully saturated rings. The van der Waals surface area contributed by atoms with Crippen LogP contribution < -0.4 is 10.6 Å². The van der Waals surface area contributed by atoms with E-state index in [1.807, 2.05) is 25.1 Å². The second-order valence-electron chi connectivity index (χ2n) is 7.04. The lowest BCUT2D eigenvalue weighted by molar-refractivity contribution is -0.113. The largest absolute Gasteiger partial charge is 0.325 e. The van der Waals surface area contributed by atoms with Gasteiger partial charge in [0.05, 0.1) is 26.6 Å². The molecule has 0 spiro atoms. The topological polar surface area (TPSA) is 71.1 Å². The number of anilines is 2. The Kier molecular flexibility index (Phi) is 7.46. The molecule has 0 aliphatic carbocycles. The maximum Gasteiger partial charge on any atom is 0.257 e. The van der Waals surface area contributed by atoms with E-state index in [-0.39, 0.29) is 22.6 Å². The van der Waals surface area contributed by atoms with E-state index in [9.17, 15) is 9.59 Å². The number of aromatic nitrogens is 1. The molecule has 4 rings (SSSR count). The highest BCUT2D eigenvalue weighted by Gasteiger charge is 2.13. The Morgan fingerprint density at radius 1 is 0.970 bits per heavy atom. The standard InChI is InChI=1S/C23H16Cl3N3O2S2/c1-12-2-3-14(25)9-19(12)28-21(30)11-32-23-29-18-7-5-15(10-20(18)33-23)27-22(31)16-6-4-13(24)8-17(16)26/h2-10H,11H2,1H3,(H,27,31)(H,28,30). The van der Waals surface area contributed by atoms with Crippen molar-refractivity contribution in [1.29, 1.82) is 0 Å². The number of thiazole rings is 1. The van der Waals surface area contributed by atoms with E-state index in [1.165, 1.54) is 29.2 Å². The number of hydrogen-bond donors (Lipinski definition) is 2. The number of thioether (sulfide) groups is 1. The van der Waals surface area contributed by atoms with Gasteiger partial charge in [-0.1, -0.05) is 52.6 Å². The second-order valence-corrected chi connectivity index (χ2v) is 10.6. The molecule has 4 aromatic rings. The molecule has 0 radical (unpaired) electrons. The summed E-state index contributed by atoms with van der Waals surface area (Å²) in [6.45, 7) is 1.91. The fraction of sp³-hybridized carbons (Fsp3) is 0.0870. The number of carbonyl (C=O) groups is 2. The molecular weight excluding hydrogens is 521 g/mol. The molecule has 0 atom stereocenters. The molecule has 10 heteroatoms. The van der Waals surface area contributed by atoms with E-state index in [0.29, 0.717) is 27.0 Å². The van der Waals surface area contributed by atoms with Crippen molar-refractivity contribution in [2.24, 2.45) is 0 Å². The van der Waals surface area contributed by atoms with Crippen LogP contribution in [-0.4, -0.2) is 22.6 Å². The first-order valence-corrected chi connectivity index (χ1v) is 12.6. The molecule has 0 saturated heterocycles. The van der Waals surface area contributed by atoms with Gasteiger partial charge in [0, 0.05) is 21.4 Å². The number of halogens is 3. The van der Waals surface area contributed by atoms with Crippen LogP contribution >= 0.6 is 57.9 Å². The van der Waals surface area contributed by atoms with Crippen LogP contribution in [0.15, 0.2) is 58.9 Å². The van der Waals surface area contributed by atoms with Gasteiger partial charge in [0.25, 0.3) is 5.91 Å². The van der Waals surface area contributed by atoms with Crippen molar-refractivity contribution in [1.82, 2.24) is 4.98 Å². The fourth-order valence-corrected chi connectivity index (χ4v) is 5.53. The lowest BCUT2D eigenvalue weighted by Gasteiger charge is -2.08. The predicted molar refractivity (Wildman–Crippen MR) is 140 cm³/mol. The summed E-state index contributed by atoms with van der Waals surface area (Å²) in [6, 6.07) is 15.5. The third-order valence-electron chi connectivity index (χ3n) is 4.60. The molecule has 0 unspecified atom stereocenters. The number of amides is 2. The zero-order valence-electron chi connectivity index (χ0n) is 17.1. The van der Waals surface area contributed by atoms with Crippen molar-refractivity contribution in [3.8, 4) is 0 Å². The van der Waals surface area contributed by atoms with Gasteiger partial charge in [-0.2, -0.15) is 0 Å². The number of aryl methyl sites for hydroxylation is 1. The number of rotatable bonds is 6. The van der Waals surface area contributed by atoms with Crippen LogP contribution in [0.2, 0.25) is 15.1 Å². The molecule has 1 heterocycles. The Morgan fingerprint density at radius 3 is 2.52 bits per heavy atom. The maximum absolute atomic E-state index is 12.6. The van der Waals surface area contributed by atoms with E-state index in [0.717, 1.165) is 20.1 Å². The molecule has 0 saturated carbocycles. The summed E-state index contributed by atoms with van der Waals surface area (Å²) < 4.78 is 1.65. The molecule has 0 aliphatic heterocycles. The summed E-state index contributed by atoms with van der Waals surface area (Å²) >= 11 is 20.8. The van der Waals surface area contributed by atoms with E-state index in [1.54, 1.807) is 30.3 Å². The van der Waals surface area contributed by atoms with Crippen molar-refractivity contribution < 1.29 is 9.59 Å². The highest BCUT2D eigenvalue weighted by Crippen LogP contribution is 2.32. The van der Waals surface area contributed by atoms with E-state index < -0.39 is 0 Å². The molecule has 2 amide bonds. The Balaban J connectivity index is 1.41. The third kappa shape index (κ3) is 5.99. The Hall–Kier alpha value is -2.29. The summed E-state index contributed by atoms with van der Waals surface area (Å²) in [5.74, 6) is -0.259. The minimum absolute atomic E-state index is 0.141. The van der Waals surface area contributed by atoms with Gasteiger partial charge in [-0.3, -0.25) is 9.59 Å². The van der Waals surface area contributed by atoms with Crippen LogP contribution in [0.4, 0.5) is 11.4 Å². The van der Waals surface area contributed by atoms with Crippen LogP contribution in [0.1, 0.15) is 15.9 Å². The van der Waals surface area contributed by atoms with Crippen molar-refractivity contribution in [2.45, 2.75) is 11.3 Å².